The van der Waals surface area contributed by atoms with E-state index in [0.29, 0.717) is 18.8 Å². The Morgan fingerprint density at radius 3 is 2.58 bits per heavy atom. The van der Waals surface area contributed by atoms with Crippen LogP contribution >= 0.6 is 11.6 Å². The van der Waals surface area contributed by atoms with Gasteiger partial charge in [0.05, 0.1) is 9.92 Å². The molecule has 8 heteroatoms. The van der Waals surface area contributed by atoms with Gasteiger partial charge in [0.25, 0.3) is 5.91 Å². The van der Waals surface area contributed by atoms with E-state index in [-0.39, 0.29) is 28.5 Å². The zero-order valence-corrected chi connectivity index (χ0v) is 18.9. The zero-order valence-electron chi connectivity index (χ0n) is 17.3. The third kappa shape index (κ3) is 5.40. The van der Waals surface area contributed by atoms with Crippen LogP contribution in [0.3, 0.4) is 0 Å². The summed E-state index contributed by atoms with van der Waals surface area (Å²) in [5.74, 6) is 0.172. The van der Waals surface area contributed by atoms with Gasteiger partial charge in [0.2, 0.25) is 10.0 Å². The smallest absolute Gasteiger partial charge is 0.260 e. The van der Waals surface area contributed by atoms with Crippen molar-refractivity contribution in [3.05, 3.63) is 58.6 Å². The fourth-order valence-corrected chi connectivity index (χ4v) is 5.84. The molecule has 6 nitrogen and oxygen atoms in total. The molecule has 0 saturated heterocycles. The number of fused-ring (bicyclic) bond motifs is 1. The highest BCUT2D eigenvalue weighted by Gasteiger charge is 2.24. The molecule has 1 saturated carbocycles. The van der Waals surface area contributed by atoms with Crippen molar-refractivity contribution < 1.29 is 17.9 Å². The average Bonchev–Trinajstić information content (AvgIpc) is 2.78. The minimum absolute atomic E-state index is 0.0271. The minimum atomic E-state index is -3.64. The fraction of sp³-hybridized carbons (Fsp3) is 0.435. The Bertz CT molecular complexity index is 1050. The maximum atomic E-state index is 12.7. The summed E-state index contributed by atoms with van der Waals surface area (Å²) in [6.45, 7) is 1.07. The lowest BCUT2D eigenvalue weighted by atomic mass is 9.96. The van der Waals surface area contributed by atoms with Crippen molar-refractivity contribution >= 4 is 27.5 Å². The van der Waals surface area contributed by atoms with Gasteiger partial charge in [0.15, 0.2) is 6.61 Å². The Morgan fingerprint density at radius 2 is 1.84 bits per heavy atom. The normalized spacial score (nSPS) is 17.3. The highest BCUT2D eigenvalue weighted by molar-refractivity contribution is 7.89. The number of sulfonamides is 1. The number of nitrogens with zero attached hydrogens (tertiary/aromatic N) is 1. The number of carbonyl (C=O) groups is 1. The van der Waals surface area contributed by atoms with Crippen molar-refractivity contribution in [3.8, 4) is 5.75 Å². The first kappa shape index (κ1) is 22.1. The van der Waals surface area contributed by atoms with Crippen molar-refractivity contribution in [2.75, 3.05) is 13.2 Å². The van der Waals surface area contributed by atoms with Crippen molar-refractivity contribution in [3.63, 3.8) is 0 Å². The van der Waals surface area contributed by atoms with E-state index in [2.05, 4.69) is 10.8 Å². The number of rotatable bonds is 6. The second-order valence-corrected chi connectivity index (χ2v) is 10.3. The molecule has 1 N–H and O–H groups in total. The van der Waals surface area contributed by atoms with Gasteiger partial charge in [-0.25, -0.2) is 13.1 Å². The Hall–Kier alpha value is -2.09. The molecule has 31 heavy (non-hydrogen) atoms. The molecular formula is C23H27ClN2O4S. The van der Waals surface area contributed by atoms with Crippen LogP contribution in [0, 0.1) is 0 Å². The molecule has 1 heterocycles. The van der Waals surface area contributed by atoms with Gasteiger partial charge < -0.3 is 9.64 Å². The van der Waals surface area contributed by atoms with Crippen LogP contribution in [0.5, 0.6) is 5.75 Å². The molecule has 1 amide bonds. The Kier molecular flexibility index (Phi) is 6.84. The Balaban J connectivity index is 1.36. The molecule has 4 rings (SSSR count). The van der Waals surface area contributed by atoms with Gasteiger partial charge in [-0.3, -0.25) is 4.79 Å². The van der Waals surface area contributed by atoms with Crippen LogP contribution in [0.25, 0.3) is 0 Å². The van der Waals surface area contributed by atoms with Crippen molar-refractivity contribution in [1.82, 2.24) is 9.62 Å². The molecule has 0 unspecified atom stereocenters. The molecule has 2 aromatic rings. The van der Waals surface area contributed by atoms with Crippen LogP contribution in [0.15, 0.2) is 47.4 Å². The summed E-state index contributed by atoms with van der Waals surface area (Å²) in [6.07, 6.45) is 5.77. The zero-order chi connectivity index (χ0) is 21.8. The highest BCUT2D eigenvalue weighted by Crippen LogP contribution is 2.28. The third-order valence-electron chi connectivity index (χ3n) is 5.98. The van der Waals surface area contributed by atoms with Crippen molar-refractivity contribution in [2.45, 2.75) is 56.0 Å². The lowest BCUT2D eigenvalue weighted by molar-refractivity contribution is -0.134. The van der Waals surface area contributed by atoms with Crippen molar-refractivity contribution in [2.24, 2.45) is 0 Å². The molecule has 2 aliphatic rings. The van der Waals surface area contributed by atoms with E-state index in [9.17, 15) is 13.2 Å². The summed E-state index contributed by atoms with van der Waals surface area (Å²) in [4.78, 5) is 14.5. The van der Waals surface area contributed by atoms with Gasteiger partial charge in [-0.05, 0) is 48.6 Å². The summed E-state index contributed by atoms with van der Waals surface area (Å²) in [6, 6.07) is 12.4. The number of hydrogen-bond donors (Lipinski definition) is 1. The van der Waals surface area contributed by atoms with E-state index in [1.807, 2.05) is 18.2 Å². The van der Waals surface area contributed by atoms with E-state index in [1.165, 1.54) is 23.8 Å². The van der Waals surface area contributed by atoms with Crippen LogP contribution in [0.4, 0.5) is 0 Å². The first-order valence-corrected chi connectivity index (χ1v) is 12.6. The minimum Gasteiger partial charge on any atom is -0.482 e. The maximum absolute atomic E-state index is 12.7. The number of benzene rings is 2. The molecule has 0 radical (unpaired) electrons. The number of ether oxygens (including phenoxy) is 1. The lowest BCUT2D eigenvalue weighted by Crippen LogP contribution is -2.38. The molecular weight excluding hydrogens is 436 g/mol. The topological polar surface area (TPSA) is 75.7 Å². The van der Waals surface area contributed by atoms with E-state index in [1.54, 1.807) is 4.90 Å². The Labute approximate surface area is 188 Å². The van der Waals surface area contributed by atoms with E-state index >= 15 is 0 Å². The highest BCUT2D eigenvalue weighted by atomic mass is 35.5. The van der Waals surface area contributed by atoms with Gasteiger partial charge in [0, 0.05) is 19.1 Å². The predicted octanol–water partition coefficient (Wildman–Crippen LogP) is 3.91. The molecule has 1 aliphatic heterocycles. The third-order valence-corrected chi connectivity index (χ3v) is 7.79. The standard InChI is InChI=1S/C23H27ClN2O4S/c24-21-14-20(31(28,29)25-19-8-2-1-3-9-19)10-11-22(21)30-16-23(27)26-13-12-17-6-4-5-7-18(17)15-26/h4-7,10-11,14,19,25H,1-3,8-9,12-13,15-16H2. The summed E-state index contributed by atoms with van der Waals surface area (Å²) in [5, 5.41) is 0.170. The number of amides is 1. The molecule has 1 fully saturated rings. The van der Waals surface area contributed by atoms with E-state index in [4.69, 9.17) is 16.3 Å². The van der Waals surface area contributed by atoms with Crippen LogP contribution in [0.1, 0.15) is 43.2 Å². The van der Waals surface area contributed by atoms with Gasteiger partial charge >= 0.3 is 0 Å². The van der Waals surface area contributed by atoms with Crippen molar-refractivity contribution in [1.29, 1.82) is 0 Å². The molecule has 0 atom stereocenters. The fourth-order valence-electron chi connectivity index (χ4n) is 4.21. The SMILES string of the molecule is O=C(COc1ccc(S(=O)(=O)NC2CCCCC2)cc1Cl)N1CCc2ccccc2C1. The summed E-state index contributed by atoms with van der Waals surface area (Å²) in [7, 11) is -3.64. The first-order chi connectivity index (χ1) is 14.9. The predicted molar refractivity (Wildman–Crippen MR) is 120 cm³/mol. The molecule has 1 aliphatic carbocycles. The monoisotopic (exact) mass is 462 g/mol. The maximum Gasteiger partial charge on any atom is 0.260 e. The first-order valence-electron chi connectivity index (χ1n) is 10.7. The summed E-state index contributed by atoms with van der Waals surface area (Å²) in [5.41, 5.74) is 2.43. The molecule has 166 valence electrons. The molecule has 0 spiro atoms. The van der Waals surface area contributed by atoms with Crippen LogP contribution < -0.4 is 9.46 Å². The summed E-state index contributed by atoms with van der Waals surface area (Å²) >= 11 is 6.27. The molecule has 2 aromatic carbocycles. The van der Waals surface area contributed by atoms with Gasteiger partial charge in [-0.2, -0.15) is 0 Å². The average molecular weight is 463 g/mol. The van der Waals surface area contributed by atoms with E-state index in [0.717, 1.165) is 44.1 Å². The largest absolute Gasteiger partial charge is 0.482 e. The summed E-state index contributed by atoms with van der Waals surface area (Å²) < 4.78 is 33.7. The van der Waals surface area contributed by atoms with Crippen LogP contribution in [-0.4, -0.2) is 38.4 Å². The molecule has 0 bridgehead atoms. The Morgan fingerprint density at radius 1 is 1.10 bits per heavy atom. The number of hydrogen-bond acceptors (Lipinski definition) is 4. The van der Waals surface area contributed by atoms with Gasteiger partial charge in [-0.15, -0.1) is 0 Å². The van der Waals surface area contributed by atoms with Gasteiger partial charge in [-0.1, -0.05) is 55.1 Å². The second kappa shape index (κ2) is 9.59. The number of nitrogens with one attached hydrogen (secondary N) is 1. The van der Waals surface area contributed by atoms with Gasteiger partial charge in [0.1, 0.15) is 5.75 Å². The molecule has 0 aromatic heterocycles. The van der Waals surface area contributed by atoms with Crippen LogP contribution in [-0.2, 0) is 27.8 Å². The quantitative estimate of drug-likeness (QED) is 0.706. The lowest BCUT2D eigenvalue weighted by Gasteiger charge is -2.28. The van der Waals surface area contributed by atoms with E-state index < -0.39 is 10.0 Å². The number of halogens is 1. The van der Waals surface area contributed by atoms with Crippen LogP contribution in [0.2, 0.25) is 5.02 Å². The number of carbonyl (C=O) groups excluding carboxylic acids is 1. The second-order valence-electron chi connectivity index (χ2n) is 8.17.